The van der Waals surface area contributed by atoms with E-state index in [9.17, 15) is 9.90 Å². The topological polar surface area (TPSA) is 49.8 Å². The van der Waals surface area contributed by atoms with Gasteiger partial charge in [0.25, 0.3) is 0 Å². The van der Waals surface area contributed by atoms with Crippen molar-refractivity contribution in [3.63, 3.8) is 0 Å². The van der Waals surface area contributed by atoms with Crippen LogP contribution in [0.5, 0.6) is 5.75 Å². The van der Waals surface area contributed by atoms with Crippen molar-refractivity contribution in [3.8, 4) is 5.75 Å². The smallest absolute Gasteiger partial charge is 0.418 e. The SMILES string of the molecule is O=C(OCC1CCCc2c(O)cccc2C1)N(c1ccccc1)c1ccccc1. The van der Waals surface area contributed by atoms with Gasteiger partial charge in [-0.15, -0.1) is 0 Å². The van der Waals surface area contributed by atoms with Crippen LogP contribution < -0.4 is 4.90 Å². The number of aromatic hydroxyl groups is 1. The van der Waals surface area contributed by atoms with E-state index in [-0.39, 0.29) is 12.0 Å². The van der Waals surface area contributed by atoms with E-state index in [1.165, 1.54) is 0 Å². The van der Waals surface area contributed by atoms with E-state index >= 15 is 0 Å². The van der Waals surface area contributed by atoms with Crippen LogP contribution in [0.3, 0.4) is 0 Å². The number of rotatable bonds is 4. The van der Waals surface area contributed by atoms with E-state index in [0.717, 1.165) is 48.2 Å². The molecule has 1 unspecified atom stereocenters. The summed E-state index contributed by atoms with van der Waals surface area (Å²) in [4.78, 5) is 14.6. The normalized spacial score (nSPS) is 15.8. The monoisotopic (exact) mass is 387 g/mol. The van der Waals surface area contributed by atoms with Crippen LogP contribution in [-0.4, -0.2) is 17.8 Å². The molecular formula is C25H25NO3. The minimum absolute atomic E-state index is 0.246. The van der Waals surface area contributed by atoms with Crippen molar-refractivity contribution in [2.24, 2.45) is 5.92 Å². The molecule has 3 aromatic rings. The molecule has 4 rings (SSSR count). The summed E-state index contributed by atoms with van der Waals surface area (Å²) >= 11 is 0. The Labute approximate surface area is 171 Å². The van der Waals surface area contributed by atoms with Crippen molar-refractivity contribution in [1.82, 2.24) is 0 Å². The molecule has 0 bridgehead atoms. The lowest BCUT2D eigenvalue weighted by Crippen LogP contribution is -2.29. The molecule has 3 aromatic carbocycles. The maximum Gasteiger partial charge on any atom is 0.418 e. The van der Waals surface area contributed by atoms with E-state index in [1.54, 1.807) is 11.0 Å². The second kappa shape index (κ2) is 8.82. The number of ether oxygens (including phenoxy) is 1. The van der Waals surface area contributed by atoms with Gasteiger partial charge in [0.15, 0.2) is 0 Å². The first kappa shape index (κ1) is 19.1. The third-order valence-electron chi connectivity index (χ3n) is 5.45. The summed E-state index contributed by atoms with van der Waals surface area (Å²) in [5.74, 6) is 0.620. The molecule has 1 N–H and O–H groups in total. The minimum Gasteiger partial charge on any atom is -0.508 e. The van der Waals surface area contributed by atoms with E-state index in [4.69, 9.17) is 4.74 Å². The standard InChI is InChI=1S/C25H25NO3/c27-24-16-8-10-20-17-19(9-7-15-23(20)24)18-29-25(28)26(21-11-3-1-4-12-21)22-13-5-2-6-14-22/h1-6,8,10-14,16,19,27H,7,9,15,17-18H2. The minimum atomic E-state index is -0.372. The number of benzene rings is 3. The molecule has 0 aromatic heterocycles. The number of nitrogens with zero attached hydrogens (tertiary/aromatic N) is 1. The Morgan fingerprint density at radius 2 is 1.59 bits per heavy atom. The Morgan fingerprint density at radius 3 is 2.24 bits per heavy atom. The lowest BCUT2D eigenvalue weighted by molar-refractivity contribution is 0.133. The van der Waals surface area contributed by atoms with E-state index in [1.807, 2.05) is 66.7 Å². The number of para-hydroxylation sites is 2. The molecule has 0 aliphatic heterocycles. The summed E-state index contributed by atoms with van der Waals surface area (Å²) in [6.07, 6.45) is 3.26. The Morgan fingerprint density at radius 1 is 0.931 bits per heavy atom. The predicted octanol–water partition coefficient (Wildman–Crippen LogP) is 5.86. The fourth-order valence-corrected chi connectivity index (χ4v) is 3.99. The van der Waals surface area contributed by atoms with Gasteiger partial charge in [-0.05, 0) is 73.1 Å². The second-order valence-corrected chi connectivity index (χ2v) is 7.46. The number of hydrogen-bond acceptors (Lipinski definition) is 3. The van der Waals surface area contributed by atoms with Crippen molar-refractivity contribution in [2.45, 2.75) is 25.7 Å². The molecule has 0 heterocycles. The van der Waals surface area contributed by atoms with Gasteiger partial charge in [-0.3, -0.25) is 0 Å². The van der Waals surface area contributed by atoms with Crippen LogP contribution in [0.4, 0.5) is 16.2 Å². The average molecular weight is 387 g/mol. The Balaban J connectivity index is 1.48. The van der Waals surface area contributed by atoms with Crippen LogP contribution in [0.1, 0.15) is 24.0 Å². The van der Waals surface area contributed by atoms with Gasteiger partial charge in [-0.1, -0.05) is 48.5 Å². The fraction of sp³-hybridized carbons (Fsp3) is 0.240. The molecule has 0 spiro atoms. The quantitative estimate of drug-likeness (QED) is 0.570. The number of carbonyl (C=O) groups is 1. The second-order valence-electron chi connectivity index (χ2n) is 7.46. The molecule has 1 aliphatic carbocycles. The first-order chi connectivity index (χ1) is 14.2. The third-order valence-corrected chi connectivity index (χ3v) is 5.45. The zero-order valence-corrected chi connectivity index (χ0v) is 16.3. The molecule has 1 atom stereocenters. The molecule has 4 heteroatoms. The van der Waals surface area contributed by atoms with E-state index < -0.39 is 0 Å². The lowest BCUT2D eigenvalue weighted by atomic mass is 9.97. The molecule has 1 aliphatic rings. The van der Waals surface area contributed by atoms with Crippen molar-refractivity contribution < 1.29 is 14.6 Å². The number of phenolic OH excluding ortho intramolecular Hbond substituents is 1. The van der Waals surface area contributed by atoms with E-state index in [2.05, 4.69) is 6.07 Å². The molecular weight excluding hydrogens is 362 g/mol. The molecule has 0 radical (unpaired) electrons. The zero-order chi connectivity index (χ0) is 20.1. The highest BCUT2D eigenvalue weighted by Crippen LogP contribution is 2.31. The highest BCUT2D eigenvalue weighted by molar-refractivity contribution is 5.95. The van der Waals surface area contributed by atoms with Crippen LogP contribution in [-0.2, 0) is 17.6 Å². The molecule has 4 nitrogen and oxygen atoms in total. The Hall–Kier alpha value is -3.27. The van der Waals surface area contributed by atoms with Gasteiger partial charge in [-0.25, -0.2) is 9.69 Å². The number of amides is 1. The number of carbonyl (C=O) groups excluding carboxylic acids is 1. The highest BCUT2D eigenvalue weighted by atomic mass is 16.6. The first-order valence-corrected chi connectivity index (χ1v) is 10.1. The summed E-state index contributed by atoms with van der Waals surface area (Å²) in [6, 6.07) is 24.8. The fourth-order valence-electron chi connectivity index (χ4n) is 3.99. The number of fused-ring (bicyclic) bond motifs is 1. The number of phenols is 1. The maximum absolute atomic E-state index is 13.0. The van der Waals surface area contributed by atoms with Crippen LogP contribution in [0.2, 0.25) is 0 Å². The molecule has 0 fully saturated rings. The van der Waals surface area contributed by atoms with Gasteiger partial charge in [0.05, 0.1) is 18.0 Å². The van der Waals surface area contributed by atoms with Gasteiger partial charge in [0.2, 0.25) is 0 Å². The van der Waals surface area contributed by atoms with Crippen LogP contribution >= 0.6 is 0 Å². The summed E-state index contributed by atoms with van der Waals surface area (Å²) in [6.45, 7) is 0.365. The van der Waals surface area contributed by atoms with Crippen molar-refractivity contribution in [3.05, 3.63) is 90.0 Å². The molecule has 0 saturated carbocycles. The Kier molecular flexibility index (Phi) is 5.80. The van der Waals surface area contributed by atoms with Crippen molar-refractivity contribution in [1.29, 1.82) is 0 Å². The van der Waals surface area contributed by atoms with Gasteiger partial charge >= 0.3 is 6.09 Å². The first-order valence-electron chi connectivity index (χ1n) is 10.1. The van der Waals surface area contributed by atoms with Crippen LogP contribution in [0.15, 0.2) is 78.9 Å². The summed E-state index contributed by atoms with van der Waals surface area (Å²) in [5, 5.41) is 10.1. The average Bonchev–Trinajstić information content (AvgIpc) is 2.97. The van der Waals surface area contributed by atoms with Crippen molar-refractivity contribution in [2.75, 3.05) is 11.5 Å². The third kappa shape index (κ3) is 4.43. The predicted molar refractivity (Wildman–Crippen MR) is 115 cm³/mol. The molecule has 1 amide bonds. The van der Waals surface area contributed by atoms with E-state index in [0.29, 0.717) is 12.4 Å². The largest absolute Gasteiger partial charge is 0.508 e. The molecule has 29 heavy (non-hydrogen) atoms. The van der Waals surface area contributed by atoms with Gasteiger partial charge < -0.3 is 9.84 Å². The number of hydrogen-bond donors (Lipinski definition) is 1. The molecule has 0 saturated heterocycles. The summed E-state index contributed by atoms with van der Waals surface area (Å²) in [7, 11) is 0. The summed E-state index contributed by atoms with van der Waals surface area (Å²) < 4.78 is 5.78. The highest BCUT2D eigenvalue weighted by Gasteiger charge is 2.23. The van der Waals surface area contributed by atoms with Gasteiger partial charge in [0.1, 0.15) is 5.75 Å². The zero-order valence-electron chi connectivity index (χ0n) is 16.3. The maximum atomic E-state index is 13.0. The lowest BCUT2D eigenvalue weighted by Gasteiger charge is -2.24. The Bertz CT molecular complexity index is 917. The summed E-state index contributed by atoms with van der Waals surface area (Å²) in [5.41, 5.74) is 3.75. The van der Waals surface area contributed by atoms with Crippen LogP contribution in [0.25, 0.3) is 0 Å². The number of anilines is 2. The van der Waals surface area contributed by atoms with Crippen LogP contribution in [0, 0.1) is 5.92 Å². The van der Waals surface area contributed by atoms with Gasteiger partial charge in [-0.2, -0.15) is 0 Å². The van der Waals surface area contributed by atoms with Crippen molar-refractivity contribution >= 4 is 17.5 Å². The molecule has 148 valence electrons. The van der Waals surface area contributed by atoms with Gasteiger partial charge in [0, 0.05) is 0 Å².